The van der Waals surface area contributed by atoms with Crippen LogP contribution in [0.3, 0.4) is 0 Å². The lowest BCUT2D eigenvalue weighted by Crippen LogP contribution is -2.50. The Morgan fingerprint density at radius 3 is 2.90 bits per heavy atom. The molecule has 1 unspecified atom stereocenters. The maximum atomic E-state index is 12.3. The standard InChI is InChI=1S/C13H21N3O4S/c1-20-13-6-5-11(8-14-13)9-15-21(18,19)16-7-3-2-4-12(16)10-17/h5-6,8,12,15,17H,2-4,7,9-10H2,1H3. The van der Waals surface area contributed by atoms with E-state index in [2.05, 4.69) is 9.71 Å². The van der Waals surface area contributed by atoms with Gasteiger partial charge in [0, 0.05) is 31.4 Å². The third-order valence-corrected chi connectivity index (χ3v) is 5.17. The van der Waals surface area contributed by atoms with Gasteiger partial charge in [-0.2, -0.15) is 17.4 Å². The van der Waals surface area contributed by atoms with E-state index < -0.39 is 10.2 Å². The summed E-state index contributed by atoms with van der Waals surface area (Å²) in [6.45, 7) is 0.459. The maximum Gasteiger partial charge on any atom is 0.280 e. The van der Waals surface area contributed by atoms with Gasteiger partial charge in [0.25, 0.3) is 10.2 Å². The summed E-state index contributed by atoms with van der Waals surface area (Å²) in [4.78, 5) is 4.03. The highest BCUT2D eigenvalue weighted by Gasteiger charge is 2.31. The maximum absolute atomic E-state index is 12.3. The number of methoxy groups -OCH3 is 1. The lowest BCUT2D eigenvalue weighted by atomic mass is 10.1. The Bertz CT molecular complexity index is 547. The Labute approximate surface area is 125 Å². The van der Waals surface area contributed by atoms with Crippen molar-refractivity contribution in [2.75, 3.05) is 20.3 Å². The zero-order chi connectivity index (χ0) is 15.3. The van der Waals surface area contributed by atoms with Gasteiger partial charge in [0.1, 0.15) is 0 Å². The van der Waals surface area contributed by atoms with E-state index in [0.29, 0.717) is 18.8 Å². The average Bonchev–Trinajstić information content (AvgIpc) is 2.53. The number of pyridine rings is 1. The molecule has 21 heavy (non-hydrogen) atoms. The molecule has 118 valence electrons. The summed E-state index contributed by atoms with van der Waals surface area (Å²) in [6.07, 6.45) is 4.03. The molecule has 0 radical (unpaired) electrons. The molecule has 1 aliphatic heterocycles. The molecule has 0 aliphatic carbocycles. The van der Waals surface area contributed by atoms with Crippen molar-refractivity contribution in [3.8, 4) is 5.88 Å². The van der Waals surface area contributed by atoms with Crippen LogP contribution >= 0.6 is 0 Å². The summed E-state index contributed by atoms with van der Waals surface area (Å²) in [5.41, 5.74) is 0.747. The SMILES string of the molecule is COc1ccc(CNS(=O)(=O)N2CCCCC2CO)cn1. The van der Waals surface area contributed by atoms with E-state index in [1.165, 1.54) is 11.4 Å². The van der Waals surface area contributed by atoms with Crippen LogP contribution in [0.2, 0.25) is 0 Å². The molecule has 1 aromatic rings. The summed E-state index contributed by atoms with van der Waals surface area (Å²) >= 11 is 0. The number of hydrogen-bond donors (Lipinski definition) is 2. The Kier molecular flexibility index (Phi) is 5.51. The molecule has 1 fully saturated rings. The van der Waals surface area contributed by atoms with Gasteiger partial charge in [0.15, 0.2) is 0 Å². The molecule has 7 nitrogen and oxygen atoms in total. The summed E-state index contributed by atoms with van der Waals surface area (Å²) in [6, 6.07) is 3.11. The Balaban J connectivity index is 1.99. The first kappa shape index (κ1) is 16.2. The molecule has 0 spiro atoms. The van der Waals surface area contributed by atoms with Crippen LogP contribution in [0, 0.1) is 0 Å². The van der Waals surface area contributed by atoms with Crippen LogP contribution < -0.4 is 9.46 Å². The van der Waals surface area contributed by atoms with Crippen molar-refractivity contribution in [2.24, 2.45) is 0 Å². The molecule has 2 rings (SSSR count). The summed E-state index contributed by atoms with van der Waals surface area (Å²) < 4.78 is 33.5. The van der Waals surface area contributed by atoms with E-state index in [0.717, 1.165) is 18.4 Å². The van der Waals surface area contributed by atoms with Crippen LogP contribution in [0.25, 0.3) is 0 Å². The number of nitrogens with one attached hydrogen (secondary N) is 1. The van der Waals surface area contributed by atoms with Gasteiger partial charge in [0.2, 0.25) is 5.88 Å². The predicted octanol–water partition coefficient (Wildman–Crippen LogP) is 0.271. The second kappa shape index (κ2) is 7.17. The number of aliphatic hydroxyl groups excluding tert-OH is 1. The average molecular weight is 315 g/mol. The highest BCUT2D eigenvalue weighted by Crippen LogP contribution is 2.19. The van der Waals surface area contributed by atoms with Crippen molar-refractivity contribution >= 4 is 10.2 Å². The molecule has 1 aliphatic rings. The molecule has 1 saturated heterocycles. The fourth-order valence-electron chi connectivity index (χ4n) is 2.37. The van der Waals surface area contributed by atoms with Gasteiger partial charge in [0.05, 0.1) is 13.7 Å². The van der Waals surface area contributed by atoms with Gasteiger partial charge >= 0.3 is 0 Å². The molecule has 0 saturated carbocycles. The van der Waals surface area contributed by atoms with Crippen molar-refractivity contribution < 1.29 is 18.3 Å². The second-order valence-electron chi connectivity index (χ2n) is 4.98. The van der Waals surface area contributed by atoms with E-state index >= 15 is 0 Å². The first-order valence-electron chi connectivity index (χ1n) is 6.93. The first-order chi connectivity index (χ1) is 10.1. The number of piperidine rings is 1. The van der Waals surface area contributed by atoms with E-state index in [1.807, 2.05) is 0 Å². The molecular weight excluding hydrogens is 294 g/mol. The van der Waals surface area contributed by atoms with Gasteiger partial charge in [-0.3, -0.25) is 0 Å². The number of rotatable bonds is 6. The zero-order valence-corrected chi connectivity index (χ0v) is 12.8. The number of aromatic nitrogens is 1. The van der Waals surface area contributed by atoms with Crippen molar-refractivity contribution in [3.63, 3.8) is 0 Å². The number of hydrogen-bond acceptors (Lipinski definition) is 5. The smallest absolute Gasteiger partial charge is 0.280 e. The molecular formula is C13H21N3O4S. The number of aliphatic hydroxyl groups is 1. The number of nitrogens with zero attached hydrogens (tertiary/aromatic N) is 2. The lowest BCUT2D eigenvalue weighted by molar-refractivity contribution is 0.154. The zero-order valence-electron chi connectivity index (χ0n) is 12.0. The quantitative estimate of drug-likeness (QED) is 0.786. The highest BCUT2D eigenvalue weighted by molar-refractivity contribution is 7.87. The summed E-state index contributed by atoms with van der Waals surface area (Å²) in [7, 11) is -2.07. The second-order valence-corrected chi connectivity index (χ2v) is 6.69. The molecule has 8 heteroatoms. The van der Waals surface area contributed by atoms with Crippen LogP contribution in [-0.2, 0) is 16.8 Å². The molecule has 1 aromatic heterocycles. The normalized spacial score (nSPS) is 20.4. The van der Waals surface area contributed by atoms with Crippen molar-refractivity contribution in [3.05, 3.63) is 23.9 Å². The van der Waals surface area contributed by atoms with Crippen LogP contribution in [0.15, 0.2) is 18.3 Å². The molecule has 2 N–H and O–H groups in total. The fraction of sp³-hybridized carbons (Fsp3) is 0.615. The number of ether oxygens (including phenoxy) is 1. The van der Waals surface area contributed by atoms with Crippen LogP contribution in [0.4, 0.5) is 0 Å². The van der Waals surface area contributed by atoms with Gasteiger partial charge in [-0.05, 0) is 18.4 Å². The molecule has 0 amide bonds. The van der Waals surface area contributed by atoms with E-state index in [-0.39, 0.29) is 19.2 Å². The monoisotopic (exact) mass is 315 g/mol. The Hall–Kier alpha value is -1.22. The third-order valence-electron chi connectivity index (χ3n) is 3.56. The van der Waals surface area contributed by atoms with Gasteiger partial charge in [-0.15, -0.1) is 0 Å². The molecule has 0 aromatic carbocycles. The molecule has 2 heterocycles. The van der Waals surface area contributed by atoms with Crippen molar-refractivity contribution in [1.82, 2.24) is 14.0 Å². The van der Waals surface area contributed by atoms with E-state index in [9.17, 15) is 13.5 Å². The summed E-state index contributed by atoms with van der Waals surface area (Å²) in [5, 5.41) is 9.31. The van der Waals surface area contributed by atoms with Crippen LogP contribution in [0.1, 0.15) is 24.8 Å². The predicted molar refractivity (Wildman–Crippen MR) is 78.0 cm³/mol. The Morgan fingerprint density at radius 2 is 2.29 bits per heavy atom. The van der Waals surface area contributed by atoms with Gasteiger partial charge in [-0.1, -0.05) is 12.5 Å². The summed E-state index contributed by atoms with van der Waals surface area (Å²) in [5.74, 6) is 0.484. The minimum atomic E-state index is -3.59. The largest absolute Gasteiger partial charge is 0.481 e. The topological polar surface area (TPSA) is 91.8 Å². The van der Waals surface area contributed by atoms with E-state index in [1.54, 1.807) is 18.3 Å². The molecule has 1 atom stereocenters. The highest BCUT2D eigenvalue weighted by atomic mass is 32.2. The lowest BCUT2D eigenvalue weighted by Gasteiger charge is -2.33. The fourth-order valence-corrected chi connectivity index (χ4v) is 3.82. The van der Waals surface area contributed by atoms with Gasteiger partial charge < -0.3 is 9.84 Å². The van der Waals surface area contributed by atoms with E-state index in [4.69, 9.17) is 4.74 Å². The van der Waals surface area contributed by atoms with Crippen molar-refractivity contribution in [1.29, 1.82) is 0 Å². The minimum Gasteiger partial charge on any atom is -0.481 e. The minimum absolute atomic E-state index is 0.148. The Morgan fingerprint density at radius 1 is 1.48 bits per heavy atom. The molecule has 0 bridgehead atoms. The third kappa shape index (κ3) is 4.13. The van der Waals surface area contributed by atoms with Crippen molar-refractivity contribution in [2.45, 2.75) is 31.8 Å². The van der Waals surface area contributed by atoms with Gasteiger partial charge in [-0.25, -0.2) is 4.98 Å². The van der Waals surface area contributed by atoms with Crippen LogP contribution in [-0.4, -0.2) is 49.1 Å². The van der Waals surface area contributed by atoms with Crippen LogP contribution in [0.5, 0.6) is 5.88 Å². The first-order valence-corrected chi connectivity index (χ1v) is 8.37.